The molecule has 32 heavy (non-hydrogen) atoms. The highest BCUT2D eigenvalue weighted by atomic mass is 35.5. The first-order valence-corrected chi connectivity index (χ1v) is 12.2. The van der Waals surface area contributed by atoms with Crippen molar-refractivity contribution in [3.05, 3.63) is 81.6 Å². The van der Waals surface area contributed by atoms with Crippen LogP contribution >= 0.6 is 35.0 Å². The zero-order chi connectivity index (χ0) is 22.7. The molecule has 166 valence electrons. The van der Waals surface area contributed by atoms with Crippen molar-refractivity contribution >= 4 is 52.1 Å². The van der Waals surface area contributed by atoms with Gasteiger partial charge in [-0.25, -0.2) is 0 Å². The zero-order valence-electron chi connectivity index (χ0n) is 17.6. The van der Waals surface area contributed by atoms with Gasteiger partial charge in [0, 0.05) is 65.1 Å². The zero-order valence-corrected chi connectivity index (χ0v) is 20.0. The number of rotatable bonds is 6. The Bertz CT molecular complexity index is 1100. The Balaban J connectivity index is 1.54. The average molecular weight is 487 g/mol. The second-order valence-electron chi connectivity index (χ2n) is 7.55. The number of hydrogen-bond donors (Lipinski definition) is 2. The highest BCUT2D eigenvalue weighted by Crippen LogP contribution is 2.33. The highest BCUT2D eigenvalue weighted by molar-refractivity contribution is 7.99. The van der Waals surface area contributed by atoms with Gasteiger partial charge in [0.1, 0.15) is 11.9 Å². The van der Waals surface area contributed by atoms with Crippen molar-refractivity contribution in [1.82, 2.24) is 4.98 Å². The summed E-state index contributed by atoms with van der Waals surface area (Å²) in [4.78, 5) is 6.36. The molecule has 8 heteroatoms. The Kier molecular flexibility index (Phi) is 7.13. The number of nitrogens with two attached hydrogens (primary N) is 1. The van der Waals surface area contributed by atoms with Crippen LogP contribution in [0.3, 0.4) is 0 Å². The van der Waals surface area contributed by atoms with Gasteiger partial charge in [0.05, 0.1) is 15.8 Å². The maximum Gasteiger partial charge on any atom is 0.124 e. The number of nitrogen functional groups attached to an aromatic ring is 1. The Morgan fingerprint density at radius 1 is 1.09 bits per heavy atom. The molecule has 2 heterocycles. The van der Waals surface area contributed by atoms with Gasteiger partial charge in [-0.1, -0.05) is 35.3 Å². The fourth-order valence-corrected chi connectivity index (χ4v) is 5.29. The molecule has 2 aromatic carbocycles. The number of ether oxygens (including phenoxy) is 1. The first-order valence-electron chi connectivity index (χ1n) is 10.3. The molecule has 1 saturated heterocycles. The van der Waals surface area contributed by atoms with Crippen LogP contribution in [0.15, 0.2) is 54.9 Å². The van der Waals surface area contributed by atoms with Crippen LogP contribution in [0.1, 0.15) is 29.7 Å². The van der Waals surface area contributed by atoms with E-state index in [4.69, 9.17) is 39.1 Å². The monoisotopic (exact) mass is 486 g/mol. The maximum absolute atomic E-state index is 8.73. The van der Waals surface area contributed by atoms with Crippen LogP contribution in [0.5, 0.6) is 5.75 Å². The maximum atomic E-state index is 8.73. The van der Waals surface area contributed by atoms with Crippen LogP contribution in [-0.4, -0.2) is 35.3 Å². The SMILES string of the molecule is CC(Oc1ccc(N)c(C(=N)c2ccc(N3CCSCC3)cc2)c1)c1c(Cl)cncc1Cl. The molecule has 0 aliphatic carbocycles. The number of benzene rings is 2. The minimum Gasteiger partial charge on any atom is -0.486 e. The minimum atomic E-state index is -0.398. The standard InChI is InChI=1S/C24H24Cl2N4OS/c1-15(23-20(25)13-29-14-21(23)26)31-18-6-7-22(27)19(12-18)24(28)16-2-4-17(5-3-16)30-8-10-32-11-9-30/h2-7,12-15,28H,8-11,27H2,1H3. The molecule has 0 radical (unpaired) electrons. The average Bonchev–Trinajstić information content (AvgIpc) is 2.80. The van der Waals surface area contributed by atoms with Crippen LogP contribution in [-0.2, 0) is 0 Å². The topological polar surface area (TPSA) is 75.2 Å². The molecule has 1 aromatic heterocycles. The highest BCUT2D eigenvalue weighted by Gasteiger charge is 2.18. The van der Waals surface area contributed by atoms with Crippen molar-refractivity contribution in [1.29, 1.82) is 5.41 Å². The molecule has 1 fully saturated rings. The predicted octanol–water partition coefficient (Wildman–Crippen LogP) is 6.08. The predicted molar refractivity (Wildman–Crippen MR) is 136 cm³/mol. The number of nitrogens with one attached hydrogen (secondary N) is 1. The lowest BCUT2D eigenvalue weighted by molar-refractivity contribution is 0.227. The van der Waals surface area contributed by atoms with Crippen LogP contribution in [0.25, 0.3) is 0 Å². The molecular formula is C24H24Cl2N4OS. The summed E-state index contributed by atoms with van der Waals surface area (Å²) in [5.74, 6) is 2.88. The molecule has 1 aliphatic rings. The van der Waals surface area contributed by atoms with Crippen molar-refractivity contribution < 1.29 is 4.74 Å². The third-order valence-corrected chi connectivity index (χ3v) is 6.98. The van der Waals surface area contributed by atoms with Crippen molar-refractivity contribution in [2.75, 3.05) is 35.2 Å². The summed E-state index contributed by atoms with van der Waals surface area (Å²) in [5, 5.41) is 9.63. The van der Waals surface area contributed by atoms with Gasteiger partial charge in [-0.15, -0.1) is 0 Å². The number of pyridine rings is 1. The van der Waals surface area contributed by atoms with Gasteiger partial charge in [-0.05, 0) is 37.3 Å². The molecule has 3 N–H and O–H groups in total. The normalized spacial score (nSPS) is 14.8. The molecule has 1 atom stereocenters. The fourth-order valence-electron chi connectivity index (χ4n) is 3.71. The molecule has 0 spiro atoms. The van der Waals surface area contributed by atoms with Crippen molar-refractivity contribution in [3.8, 4) is 5.75 Å². The van der Waals surface area contributed by atoms with E-state index in [9.17, 15) is 0 Å². The van der Waals surface area contributed by atoms with Crippen LogP contribution < -0.4 is 15.4 Å². The minimum absolute atomic E-state index is 0.348. The van der Waals surface area contributed by atoms with Crippen molar-refractivity contribution in [2.45, 2.75) is 13.0 Å². The van der Waals surface area contributed by atoms with Crippen LogP contribution in [0.4, 0.5) is 11.4 Å². The quantitative estimate of drug-likeness (QED) is 0.326. The van der Waals surface area contributed by atoms with Gasteiger partial charge in [0.25, 0.3) is 0 Å². The third-order valence-electron chi connectivity index (χ3n) is 5.44. The van der Waals surface area contributed by atoms with Crippen molar-refractivity contribution in [2.24, 2.45) is 0 Å². The number of nitrogens with zero attached hydrogens (tertiary/aromatic N) is 2. The van der Waals surface area contributed by atoms with Crippen molar-refractivity contribution in [3.63, 3.8) is 0 Å². The van der Waals surface area contributed by atoms with E-state index in [0.29, 0.717) is 38.3 Å². The van der Waals surface area contributed by atoms with E-state index in [0.717, 1.165) is 30.2 Å². The molecule has 0 bridgehead atoms. The number of halogens is 2. The summed E-state index contributed by atoms with van der Waals surface area (Å²) in [7, 11) is 0. The van der Waals surface area contributed by atoms with E-state index >= 15 is 0 Å². The molecule has 5 nitrogen and oxygen atoms in total. The molecule has 3 aromatic rings. The molecule has 1 aliphatic heterocycles. The molecular weight excluding hydrogens is 463 g/mol. The van der Waals surface area contributed by atoms with E-state index in [1.54, 1.807) is 30.6 Å². The van der Waals surface area contributed by atoms with Gasteiger partial charge in [0.15, 0.2) is 0 Å². The Hall–Kier alpha value is -2.41. The summed E-state index contributed by atoms with van der Waals surface area (Å²) < 4.78 is 6.08. The van der Waals surface area contributed by atoms with Gasteiger partial charge in [-0.3, -0.25) is 10.4 Å². The summed E-state index contributed by atoms with van der Waals surface area (Å²) in [6.45, 7) is 3.97. The van der Waals surface area contributed by atoms with Gasteiger partial charge in [-0.2, -0.15) is 11.8 Å². The van der Waals surface area contributed by atoms with Crippen LogP contribution in [0, 0.1) is 5.41 Å². The lowest BCUT2D eigenvalue weighted by atomic mass is 10.00. The summed E-state index contributed by atoms with van der Waals surface area (Å²) in [6.07, 6.45) is 2.68. The van der Waals surface area contributed by atoms with Gasteiger partial charge < -0.3 is 15.4 Å². The number of thioether (sulfide) groups is 1. The molecule has 1 unspecified atom stereocenters. The first-order chi connectivity index (χ1) is 15.4. The third kappa shape index (κ3) is 4.98. The summed E-state index contributed by atoms with van der Waals surface area (Å²) in [5.41, 5.74) is 10.4. The number of anilines is 2. The van der Waals surface area contributed by atoms with Gasteiger partial charge >= 0.3 is 0 Å². The Morgan fingerprint density at radius 2 is 1.75 bits per heavy atom. The molecule has 0 saturated carbocycles. The van der Waals surface area contributed by atoms with Gasteiger partial charge in [0.2, 0.25) is 0 Å². The number of hydrogen-bond acceptors (Lipinski definition) is 6. The Morgan fingerprint density at radius 3 is 2.41 bits per heavy atom. The van der Waals surface area contributed by atoms with E-state index in [2.05, 4.69) is 22.0 Å². The second-order valence-corrected chi connectivity index (χ2v) is 9.59. The second kappa shape index (κ2) is 10.0. The number of aromatic nitrogens is 1. The van der Waals surface area contributed by atoms with E-state index in [1.165, 1.54) is 5.69 Å². The molecule has 0 amide bonds. The smallest absolute Gasteiger partial charge is 0.124 e. The Labute approximate surface area is 202 Å². The lowest BCUT2D eigenvalue weighted by Crippen LogP contribution is -2.32. The van der Waals surface area contributed by atoms with E-state index < -0.39 is 6.10 Å². The van der Waals surface area contributed by atoms with E-state index in [-0.39, 0.29) is 0 Å². The van der Waals surface area contributed by atoms with E-state index in [1.807, 2.05) is 30.8 Å². The fraction of sp³-hybridized carbons (Fsp3) is 0.250. The first kappa shape index (κ1) is 22.8. The van der Waals surface area contributed by atoms with Crippen LogP contribution in [0.2, 0.25) is 10.0 Å². The summed E-state index contributed by atoms with van der Waals surface area (Å²) >= 11 is 14.5. The lowest BCUT2D eigenvalue weighted by Gasteiger charge is -2.28. The molecule has 4 rings (SSSR count). The largest absolute Gasteiger partial charge is 0.486 e. The summed E-state index contributed by atoms with van der Waals surface area (Å²) in [6, 6.07) is 13.4.